The summed E-state index contributed by atoms with van der Waals surface area (Å²) in [6.07, 6.45) is 2.38. The van der Waals surface area contributed by atoms with Crippen LogP contribution >= 0.6 is 0 Å². The molecule has 1 amide bonds. The summed E-state index contributed by atoms with van der Waals surface area (Å²) >= 11 is 0. The van der Waals surface area contributed by atoms with E-state index in [1.54, 1.807) is 29.1 Å². The Labute approximate surface area is 144 Å². The van der Waals surface area contributed by atoms with Crippen molar-refractivity contribution in [2.24, 2.45) is 0 Å². The number of hydrogen-bond acceptors (Lipinski definition) is 3. The minimum atomic E-state index is -0.696. The monoisotopic (exact) mass is 336 g/mol. The summed E-state index contributed by atoms with van der Waals surface area (Å²) < 4.78 is 15.1. The van der Waals surface area contributed by atoms with E-state index in [-0.39, 0.29) is 11.9 Å². The predicted octanol–water partition coefficient (Wildman–Crippen LogP) is 2.95. The van der Waals surface area contributed by atoms with Crippen molar-refractivity contribution in [2.75, 3.05) is 5.73 Å². The number of carbonyl (C=O) groups excluding carboxylic acids is 1. The molecule has 1 aliphatic rings. The molecule has 126 valence electrons. The van der Waals surface area contributed by atoms with Gasteiger partial charge in [0, 0.05) is 23.0 Å². The second kappa shape index (κ2) is 6.05. The van der Waals surface area contributed by atoms with E-state index in [4.69, 9.17) is 5.73 Å². The first-order chi connectivity index (χ1) is 12.2. The lowest BCUT2D eigenvalue weighted by Gasteiger charge is -2.25. The molecule has 5 nitrogen and oxygen atoms in total. The molecule has 6 heteroatoms. The van der Waals surface area contributed by atoms with Crippen molar-refractivity contribution in [1.82, 2.24) is 15.1 Å². The highest BCUT2D eigenvalue weighted by molar-refractivity contribution is 5.97. The van der Waals surface area contributed by atoms with Crippen LogP contribution in [0.15, 0.2) is 54.7 Å². The van der Waals surface area contributed by atoms with Gasteiger partial charge in [0.25, 0.3) is 5.91 Å². The maximum Gasteiger partial charge on any atom is 0.252 e. The highest BCUT2D eigenvalue weighted by Gasteiger charge is 2.28. The van der Waals surface area contributed by atoms with E-state index in [9.17, 15) is 9.18 Å². The first-order valence-corrected chi connectivity index (χ1v) is 8.05. The third-order valence-corrected chi connectivity index (χ3v) is 4.45. The fraction of sp³-hybridized carbons (Fsp3) is 0.158. The fourth-order valence-corrected chi connectivity index (χ4v) is 3.23. The molecule has 2 aromatic carbocycles. The van der Waals surface area contributed by atoms with Gasteiger partial charge in [-0.1, -0.05) is 24.3 Å². The number of nitrogens with one attached hydrogen (secondary N) is 1. The van der Waals surface area contributed by atoms with E-state index in [1.807, 2.05) is 30.3 Å². The van der Waals surface area contributed by atoms with E-state index in [0.29, 0.717) is 28.9 Å². The molecule has 0 radical (unpaired) electrons. The Balaban J connectivity index is 1.73. The van der Waals surface area contributed by atoms with Crippen LogP contribution in [0, 0.1) is 0 Å². The molecule has 1 aliphatic heterocycles. The second-order valence-corrected chi connectivity index (χ2v) is 6.09. The summed E-state index contributed by atoms with van der Waals surface area (Å²) in [6, 6.07) is 14.4. The highest BCUT2D eigenvalue weighted by Crippen LogP contribution is 2.29. The first kappa shape index (κ1) is 15.4. The summed E-state index contributed by atoms with van der Waals surface area (Å²) in [4.78, 5) is 12.3. The summed E-state index contributed by atoms with van der Waals surface area (Å²) in [7, 11) is 0. The molecule has 0 saturated carbocycles. The topological polar surface area (TPSA) is 72.9 Å². The van der Waals surface area contributed by atoms with Crippen molar-refractivity contribution in [3.8, 4) is 5.69 Å². The molecule has 2 heterocycles. The van der Waals surface area contributed by atoms with E-state index >= 15 is 0 Å². The molecule has 1 atom stereocenters. The maximum atomic E-state index is 13.5. The number of halogens is 1. The van der Waals surface area contributed by atoms with Crippen LogP contribution in [-0.2, 0) is 13.1 Å². The molecule has 0 bridgehead atoms. The Kier molecular flexibility index (Phi) is 3.72. The molecule has 0 fully saturated rings. The summed E-state index contributed by atoms with van der Waals surface area (Å²) in [5.41, 5.74) is 9.82. The lowest BCUT2D eigenvalue weighted by Crippen LogP contribution is -2.35. The van der Waals surface area contributed by atoms with Gasteiger partial charge in [-0.05, 0) is 36.2 Å². The van der Waals surface area contributed by atoms with E-state index in [1.165, 1.54) is 0 Å². The zero-order chi connectivity index (χ0) is 17.4. The normalized spacial score (nSPS) is 16.4. The van der Waals surface area contributed by atoms with Crippen LogP contribution in [0.25, 0.3) is 5.69 Å². The Morgan fingerprint density at radius 2 is 2.08 bits per heavy atom. The number of fused-ring (bicyclic) bond motifs is 1. The molecular formula is C19H17FN4O. The zero-order valence-corrected chi connectivity index (χ0v) is 13.4. The minimum absolute atomic E-state index is 0.145. The Hall–Kier alpha value is -3.15. The molecule has 0 spiro atoms. The molecular weight excluding hydrogens is 319 g/mol. The van der Waals surface area contributed by atoms with Gasteiger partial charge in [0.15, 0.2) is 0 Å². The predicted molar refractivity (Wildman–Crippen MR) is 93.1 cm³/mol. The molecule has 1 unspecified atom stereocenters. The SMILES string of the molecule is Nc1cccc(-n2cc(C3Cc4ccccc4C(=O)N3)c(CF)n2)c1. The van der Waals surface area contributed by atoms with Crippen LogP contribution in [0.3, 0.4) is 0 Å². The van der Waals surface area contributed by atoms with Crippen molar-refractivity contribution in [3.05, 3.63) is 77.1 Å². The van der Waals surface area contributed by atoms with Crippen molar-refractivity contribution < 1.29 is 9.18 Å². The van der Waals surface area contributed by atoms with Crippen LogP contribution < -0.4 is 11.1 Å². The largest absolute Gasteiger partial charge is 0.399 e. The van der Waals surface area contributed by atoms with Crippen molar-refractivity contribution in [1.29, 1.82) is 0 Å². The van der Waals surface area contributed by atoms with E-state index in [2.05, 4.69) is 10.4 Å². The number of hydrogen-bond donors (Lipinski definition) is 2. The number of amides is 1. The minimum Gasteiger partial charge on any atom is -0.399 e. The van der Waals surface area contributed by atoms with E-state index < -0.39 is 6.67 Å². The molecule has 0 saturated heterocycles. The number of nitrogen functional groups attached to an aromatic ring is 1. The fourth-order valence-electron chi connectivity index (χ4n) is 3.23. The van der Waals surface area contributed by atoms with Crippen LogP contribution in [0.4, 0.5) is 10.1 Å². The van der Waals surface area contributed by atoms with Gasteiger partial charge in [-0.15, -0.1) is 0 Å². The van der Waals surface area contributed by atoms with Crippen LogP contribution in [-0.4, -0.2) is 15.7 Å². The number of aromatic nitrogens is 2. The van der Waals surface area contributed by atoms with Gasteiger partial charge in [-0.25, -0.2) is 9.07 Å². The first-order valence-electron chi connectivity index (χ1n) is 8.05. The quantitative estimate of drug-likeness (QED) is 0.722. The van der Waals surface area contributed by atoms with Gasteiger partial charge in [0.05, 0.1) is 17.4 Å². The van der Waals surface area contributed by atoms with Gasteiger partial charge < -0.3 is 11.1 Å². The maximum absolute atomic E-state index is 13.5. The zero-order valence-electron chi connectivity index (χ0n) is 13.4. The third-order valence-electron chi connectivity index (χ3n) is 4.45. The number of alkyl halides is 1. The lowest BCUT2D eigenvalue weighted by molar-refractivity contribution is 0.0924. The smallest absolute Gasteiger partial charge is 0.252 e. The average molecular weight is 336 g/mol. The van der Waals surface area contributed by atoms with Gasteiger partial charge in [0.2, 0.25) is 0 Å². The van der Waals surface area contributed by atoms with Crippen LogP contribution in [0.2, 0.25) is 0 Å². The van der Waals surface area contributed by atoms with Gasteiger partial charge in [-0.3, -0.25) is 4.79 Å². The molecule has 3 N–H and O–H groups in total. The van der Waals surface area contributed by atoms with Gasteiger partial charge in [0.1, 0.15) is 6.67 Å². The van der Waals surface area contributed by atoms with Gasteiger partial charge >= 0.3 is 0 Å². The van der Waals surface area contributed by atoms with Gasteiger partial charge in [-0.2, -0.15) is 5.10 Å². The Morgan fingerprint density at radius 1 is 1.24 bits per heavy atom. The van der Waals surface area contributed by atoms with Crippen molar-refractivity contribution in [3.63, 3.8) is 0 Å². The number of rotatable bonds is 3. The highest BCUT2D eigenvalue weighted by atomic mass is 19.1. The summed E-state index contributed by atoms with van der Waals surface area (Å²) in [5, 5.41) is 7.29. The van der Waals surface area contributed by atoms with Crippen LogP contribution in [0.1, 0.15) is 33.2 Å². The average Bonchev–Trinajstić information content (AvgIpc) is 3.06. The summed E-state index contributed by atoms with van der Waals surface area (Å²) in [6.45, 7) is -0.696. The number of anilines is 1. The second-order valence-electron chi connectivity index (χ2n) is 6.09. The number of carbonyl (C=O) groups is 1. The van der Waals surface area contributed by atoms with E-state index in [0.717, 1.165) is 11.3 Å². The molecule has 4 rings (SSSR count). The Morgan fingerprint density at radius 3 is 2.88 bits per heavy atom. The summed E-state index contributed by atoms with van der Waals surface area (Å²) in [5.74, 6) is -0.145. The number of nitrogens with zero attached hydrogens (tertiary/aromatic N) is 2. The molecule has 3 aromatic rings. The van der Waals surface area contributed by atoms with Crippen molar-refractivity contribution in [2.45, 2.75) is 19.1 Å². The van der Waals surface area contributed by atoms with Crippen molar-refractivity contribution >= 4 is 11.6 Å². The molecule has 25 heavy (non-hydrogen) atoms. The van der Waals surface area contributed by atoms with Crippen LogP contribution in [0.5, 0.6) is 0 Å². The standard InChI is InChI=1S/C19H17FN4O/c20-10-18-16(11-24(23-18)14-6-3-5-13(21)9-14)17-8-12-4-1-2-7-15(12)19(25)22-17/h1-7,9,11,17H,8,10,21H2,(H,22,25). The third kappa shape index (κ3) is 2.76. The molecule has 1 aromatic heterocycles. The lowest BCUT2D eigenvalue weighted by atomic mass is 9.91. The number of nitrogens with two attached hydrogens (primary N) is 1. The molecule has 0 aliphatic carbocycles. The number of benzene rings is 2. The Bertz CT molecular complexity index is 950.